The van der Waals surface area contributed by atoms with Gasteiger partial charge in [0.05, 0.1) is 18.2 Å². The van der Waals surface area contributed by atoms with Crippen LogP contribution in [0.2, 0.25) is 0 Å². The van der Waals surface area contributed by atoms with E-state index in [9.17, 15) is 14.7 Å². The van der Waals surface area contributed by atoms with Crippen LogP contribution >= 0.6 is 0 Å². The largest absolute Gasteiger partial charge is 0.507 e. The Morgan fingerprint density at radius 2 is 1.97 bits per heavy atom. The number of hydrogen-bond acceptors (Lipinski definition) is 7. The summed E-state index contributed by atoms with van der Waals surface area (Å²) in [6.07, 6.45) is 2.39. The fourth-order valence-electron chi connectivity index (χ4n) is 4.72. The first-order chi connectivity index (χ1) is 17.7. The third-order valence-corrected chi connectivity index (χ3v) is 6.44. The lowest BCUT2D eigenvalue weighted by Crippen LogP contribution is -2.35. The molecule has 8 nitrogen and oxygen atoms in total. The summed E-state index contributed by atoms with van der Waals surface area (Å²) in [5, 5.41) is 11.4. The summed E-state index contributed by atoms with van der Waals surface area (Å²) in [5.74, 6) is 0.228. The Morgan fingerprint density at radius 3 is 2.68 bits per heavy atom. The number of aliphatic hydroxyl groups is 1. The van der Waals surface area contributed by atoms with E-state index in [-0.39, 0.29) is 17.4 Å². The third kappa shape index (κ3) is 5.34. The molecule has 2 atom stereocenters. The van der Waals surface area contributed by atoms with Crippen molar-refractivity contribution in [2.45, 2.75) is 32.4 Å². The highest BCUT2D eigenvalue weighted by molar-refractivity contribution is 6.46. The summed E-state index contributed by atoms with van der Waals surface area (Å²) in [7, 11) is 3.80. The van der Waals surface area contributed by atoms with Gasteiger partial charge in [-0.05, 0) is 69.4 Å². The third-order valence-electron chi connectivity index (χ3n) is 6.44. The molecule has 2 aliphatic rings. The van der Waals surface area contributed by atoms with Gasteiger partial charge < -0.3 is 29.1 Å². The first-order valence-corrected chi connectivity index (χ1v) is 12.5. The number of nitrogens with zero attached hydrogens (tertiary/aromatic N) is 2. The van der Waals surface area contributed by atoms with Crippen molar-refractivity contribution in [3.05, 3.63) is 71.3 Å². The van der Waals surface area contributed by atoms with Crippen LogP contribution in [-0.4, -0.2) is 73.1 Å². The molecule has 8 heteroatoms. The van der Waals surface area contributed by atoms with Crippen LogP contribution in [0.5, 0.6) is 17.2 Å². The molecular weight excluding hydrogens is 472 g/mol. The fourth-order valence-corrected chi connectivity index (χ4v) is 4.72. The summed E-state index contributed by atoms with van der Waals surface area (Å²) in [4.78, 5) is 30.0. The van der Waals surface area contributed by atoms with Crippen molar-refractivity contribution in [2.75, 3.05) is 40.4 Å². The van der Waals surface area contributed by atoms with Crippen molar-refractivity contribution < 1.29 is 28.9 Å². The highest BCUT2D eigenvalue weighted by atomic mass is 16.5. The first kappa shape index (κ1) is 26.3. The van der Waals surface area contributed by atoms with Crippen molar-refractivity contribution in [1.82, 2.24) is 9.80 Å². The average molecular weight is 507 g/mol. The van der Waals surface area contributed by atoms with E-state index in [1.165, 1.54) is 4.90 Å². The lowest BCUT2D eigenvalue weighted by Gasteiger charge is -2.27. The van der Waals surface area contributed by atoms with Crippen LogP contribution in [0.15, 0.2) is 54.6 Å². The van der Waals surface area contributed by atoms with E-state index in [1.54, 1.807) is 36.4 Å². The van der Waals surface area contributed by atoms with E-state index in [2.05, 4.69) is 6.58 Å². The van der Waals surface area contributed by atoms with Crippen LogP contribution in [-0.2, 0) is 16.0 Å². The number of carbonyl (C=O) groups excluding carboxylic acids is 2. The number of rotatable bonds is 10. The molecule has 0 radical (unpaired) electrons. The van der Waals surface area contributed by atoms with Gasteiger partial charge in [0, 0.05) is 25.1 Å². The standard InChI is InChI=1S/C29H34N2O6/c1-6-14-36-23-11-8-19(17-24(23)35-7-2)26-25(28(33)29(34)31(26)13-12-30(4)5)27(32)20-9-10-22-21(16-20)15-18(3)37-22/h6,8-11,16-18,26,32H,1,7,12-15H2,2-5H3/t18-,26+/m1/s1. The minimum atomic E-state index is -0.781. The maximum Gasteiger partial charge on any atom is 0.295 e. The fraction of sp³-hybridized carbons (Fsp3) is 0.379. The van der Waals surface area contributed by atoms with Crippen molar-refractivity contribution >= 4 is 17.4 Å². The number of carbonyl (C=O) groups is 2. The number of benzene rings is 2. The van der Waals surface area contributed by atoms with E-state index in [0.717, 1.165) is 11.3 Å². The molecule has 37 heavy (non-hydrogen) atoms. The number of Topliss-reactive ketones (excluding diaryl/α,β-unsaturated/α-hetero) is 1. The van der Waals surface area contributed by atoms with Gasteiger partial charge in [0.1, 0.15) is 24.2 Å². The summed E-state index contributed by atoms with van der Waals surface area (Å²) < 4.78 is 17.3. The average Bonchev–Trinajstić information content (AvgIpc) is 3.36. The molecule has 2 aliphatic heterocycles. The SMILES string of the molecule is C=CCOc1ccc([C@H]2C(=C(O)c3ccc4c(c3)C[C@@H](C)O4)C(=O)C(=O)N2CCN(C)C)cc1OCC. The molecule has 2 heterocycles. The van der Waals surface area contributed by atoms with E-state index >= 15 is 0 Å². The van der Waals surface area contributed by atoms with Crippen LogP contribution < -0.4 is 14.2 Å². The number of aliphatic hydroxyl groups excluding tert-OH is 1. The van der Waals surface area contributed by atoms with Gasteiger partial charge in [0.25, 0.3) is 11.7 Å². The lowest BCUT2D eigenvalue weighted by molar-refractivity contribution is -0.140. The molecule has 2 aromatic rings. The van der Waals surface area contributed by atoms with Crippen LogP contribution in [0.4, 0.5) is 0 Å². The molecule has 196 valence electrons. The highest BCUT2D eigenvalue weighted by Crippen LogP contribution is 2.42. The lowest BCUT2D eigenvalue weighted by atomic mass is 9.94. The second-order valence-electron chi connectivity index (χ2n) is 9.49. The monoisotopic (exact) mass is 506 g/mol. The maximum atomic E-state index is 13.3. The Hall–Kier alpha value is -3.78. The molecule has 1 amide bonds. The number of likely N-dealkylation sites (N-methyl/N-ethyl adjacent to an activating group) is 1. The van der Waals surface area contributed by atoms with Crippen molar-refractivity contribution in [3.63, 3.8) is 0 Å². The number of hydrogen-bond donors (Lipinski definition) is 1. The Bertz CT molecular complexity index is 1230. The van der Waals surface area contributed by atoms with Crippen LogP contribution in [0.3, 0.4) is 0 Å². The quantitative estimate of drug-likeness (QED) is 0.226. The zero-order valence-corrected chi connectivity index (χ0v) is 21.8. The van der Waals surface area contributed by atoms with Crippen molar-refractivity contribution in [3.8, 4) is 17.2 Å². The molecule has 1 N–H and O–H groups in total. The number of likely N-dealkylation sites (tertiary alicyclic amines) is 1. The molecule has 0 unspecified atom stereocenters. The summed E-state index contributed by atoms with van der Waals surface area (Å²) in [5.41, 5.74) is 2.13. The molecule has 0 aromatic heterocycles. The van der Waals surface area contributed by atoms with Crippen LogP contribution in [0, 0.1) is 0 Å². The van der Waals surface area contributed by atoms with E-state index in [0.29, 0.717) is 55.4 Å². The smallest absolute Gasteiger partial charge is 0.295 e. The normalized spacial score (nSPS) is 20.2. The van der Waals surface area contributed by atoms with Gasteiger partial charge in [-0.2, -0.15) is 0 Å². The van der Waals surface area contributed by atoms with Gasteiger partial charge in [-0.1, -0.05) is 18.7 Å². The molecule has 1 fully saturated rings. The number of amides is 1. The molecule has 0 spiro atoms. The number of fused-ring (bicyclic) bond motifs is 1. The zero-order valence-electron chi connectivity index (χ0n) is 21.8. The Labute approximate surface area is 217 Å². The van der Waals surface area contributed by atoms with Crippen LogP contribution in [0.25, 0.3) is 5.76 Å². The minimum absolute atomic E-state index is 0.0443. The molecule has 2 aromatic carbocycles. The topological polar surface area (TPSA) is 88.5 Å². The maximum absolute atomic E-state index is 13.3. The van der Waals surface area contributed by atoms with Gasteiger partial charge in [-0.3, -0.25) is 9.59 Å². The first-order valence-electron chi connectivity index (χ1n) is 12.5. The highest BCUT2D eigenvalue weighted by Gasteiger charge is 2.46. The number of ether oxygens (including phenoxy) is 3. The van der Waals surface area contributed by atoms with Crippen molar-refractivity contribution in [2.24, 2.45) is 0 Å². The van der Waals surface area contributed by atoms with Crippen molar-refractivity contribution in [1.29, 1.82) is 0 Å². The van der Waals surface area contributed by atoms with E-state index < -0.39 is 17.7 Å². The van der Waals surface area contributed by atoms with Gasteiger partial charge in [0.15, 0.2) is 11.5 Å². The molecule has 4 rings (SSSR count). The second-order valence-corrected chi connectivity index (χ2v) is 9.49. The van der Waals surface area contributed by atoms with Gasteiger partial charge in [0.2, 0.25) is 0 Å². The number of ketones is 1. The van der Waals surface area contributed by atoms with E-state index in [4.69, 9.17) is 14.2 Å². The second kappa shape index (κ2) is 11.1. The molecule has 0 saturated carbocycles. The molecule has 1 saturated heterocycles. The van der Waals surface area contributed by atoms with Gasteiger partial charge in [-0.25, -0.2) is 0 Å². The predicted octanol–water partition coefficient (Wildman–Crippen LogP) is 3.96. The van der Waals surface area contributed by atoms with Gasteiger partial charge >= 0.3 is 0 Å². The summed E-state index contributed by atoms with van der Waals surface area (Å²) in [6.45, 7) is 9.11. The summed E-state index contributed by atoms with van der Waals surface area (Å²) >= 11 is 0. The Morgan fingerprint density at radius 1 is 1.19 bits per heavy atom. The van der Waals surface area contributed by atoms with Gasteiger partial charge in [-0.15, -0.1) is 0 Å². The Kier molecular flexibility index (Phi) is 7.88. The molecular formula is C29H34N2O6. The molecule has 0 aliphatic carbocycles. The minimum Gasteiger partial charge on any atom is -0.507 e. The predicted molar refractivity (Wildman–Crippen MR) is 141 cm³/mol. The zero-order chi connectivity index (χ0) is 26.7. The van der Waals surface area contributed by atoms with E-state index in [1.807, 2.05) is 38.9 Å². The molecule has 0 bridgehead atoms. The summed E-state index contributed by atoms with van der Waals surface area (Å²) in [6, 6.07) is 9.88. The van der Waals surface area contributed by atoms with Crippen LogP contribution in [0.1, 0.15) is 36.6 Å². The Balaban J connectivity index is 1.83.